The van der Waals surface area contributed by atoms with E-state index in [1.54, 1.807) is 0 Å². The SMILES string of the molecule is CCC(CC)=NNC(=O)COc1cc(C)ccc1C. The van der Waals surface area contributed by atoms with E-state index in [0.717, 1.165) is 35.4 Å². The largest absolute Gasteiger partial charge is 0.483 e. The van der Waals surface area contributed by atoms with Crippen LogP contribution in [-0.4, -0.2) is 18.2 Å². The third-order valence-electron chi connectivity index (χ3n) is 2.86. The Hall–Kier alpha value is -1.84. The molecule has 0 saturated heterocycles. The first-order valence-corrected chi connectivity index (χ1v) is 6.61. The Labute approximate surface area is 114 Å². The lowest BCUT2D eigenvalue weighted by molar-refractivity contribution is -0.123. The number of carbonyl (C=O) groups excluding carboxylic acids is 1. The molecule has 4 heteroatoms. The van der Waals surface area contributed by atoms with Crippen molar-refractivity contribution in [1.82, 2.24) is 5.43 Å². The first-order chi connectivity index (χ1) is 9.06. The molecule has 0 unspecified atom stereocenters. The molecule has 104 valence electrons. The lowest BCUT2D eigenvalue weighted by atomic mass is 10.1. The zero-order valence-electron chi connectivity index (χ0n) is 12.1. The van der Waals surface area contributed by atoms with Crippen LogP contribution in [0.15, 0.2) is 23.3 Å². The smallest absolute Gasteiger partial charge is 0.277 e. The van der Waals surface area contributed by atoms with E-state index < -0.39 is 0 Å². The van der Waals surface area contributed by atoms with Gasteiger partial charge in [0, 0.05) is 5.71 Å². The van der Waals surface area contributed by atoms with Gasteiger partial charge in [0.05, 0.1) is 0 Å². The summed E-state index contributed by atoms with van der Waals surface area (Å²) in [4.78, 5) is 11.6. The molecule has 0 bridgehead atoms. The Bertz CT molecular complexity index is 461. The molecule has 0 aliphatic heterocycles. The minimum absolute atomic E-state index is 0.0193. The number of aryl methyl sites for hydroxylation is 2. The topological polar surface area (TPSA) is 50.7 Å². The average Bonchev–Trinajstić information content (AvgIpc) is 2.41. The molecular formula is C15H22N2O2. The zero-order valence-corrected chi connectivity index (χ0v) is 12.1. The molecule has 1 aromatic carbocycles. The van der Waals surface area contributed by atoms with Crippen molar-refractivity contribution in [3.63, 3.8) is 0 Å². The Kier molecular flexibility index (Phi) is 6.06. The van der Waals surface area contributed by atoms with Crippen molar-refractivity contribution in [2.45, 2.75) is 40.5 Å². The van der Waals surface area contributed by atoms with Crippen LogP contribution in [0.25, 0.3) is 0 Å². The maximum Gasteiger partial charge on any atom is 0.277 e. The number of rotatable bonds is 6. The van der Waals surface area contributed by atoms with Crippen LogP contribution in [0.3, 0.4) is 0 Å². The first-order valence-electron chi connectivity index (χ1n) is 6.61. The normalized spacial score (nSPS) is 9.89. The van der Waals surface area contributed by atoms with E-state index in [-0.39, 0.29) is 12.5 Å². The van der Waals surface area contributed by atoms with E-state index in [1.807, 2.05) is 45.9 Å². The third-order valence-corrected chi connectivity index (χ3v) is 2.86. The lowest BCUT2D eigenvalue weighted by Gasteiger charge is -2.09. The number of ether oxygens (including phenoxy) is 1. The molecule has 1 aromatic rings. The fourth-order valence-corrected chi connectivity index (χ4v) is 1.59. The van der Waals surface area contributed by atoms with Crippen LogP contribution in [-0.2, 0) is 4.79 Å². The molecule has 0 atom stereocenters. The van der Waals surface area contributed by atoms with E-state index >= 15 is 0 Å². The van der Waals surface area contributed by atoms with Crippen molar-refractivity contribution in [2.75, 3.05) is 6.61 Å². The summed E-state index contributed by atoms with van der Waals surface area (Å²) in [7, 11) is 0. The number of hydrazone groups is 1. The highest BCUT2D eigenvalue weighted by Crippen LogP contribution is 2.18. The Morgan fingerprint density at radius 2 is 1.95 bits per heavy atom. The molecule has 4 nitrogen and oxygen atoms in total. The minimum Gasteiger partial charge on any atom is -0.483 e. The summed E-state index contributed by atoms with van der Waals surface area (Å²) in [5.74, 6) is 0.505. The Balaban J connectivity index is 2.50. The fourth-order valence-electron chi connectivity index (χ4n) is 1.59. The predicted molar refractivity (Wildman–Crippen MR) is 77.6 cm³/mol. The average molecular weight is 262 g/mol. The number of carbonyl (C=O) groups is 1. The molecule has 0 aromatic heterocycles. The second-order valence-electron chi connectivity index (χ2n) is 4.48. The van der Waals surface area contributed by atoms with Gasteiger partial charge in [-0.05, 0) is 43.9 Å². The standard InChI is InChI=1S/C15H22N2O2/c1-5-13(6-2)16-17-15(18)10-19-14-9-11(3)7-8-12(14)4/h7-9H,5-6,10H2,1-4H3,(H,17,18). The first kappa shape index (κ1) is 15.2. The van der Waals surface area contributed by atoms with Gasteiger partial charge < -0.3 is 4.74 Å². The van der Waals surface area contributed by atoms with Crippen molar-refractivity contribution in [3.05, 3.63) is 29.3 Å². The molecule has 0 saturated carbocycles. The van der Waals surface area contributed by atoms with Crippen molar-refractivity contribution < 1.29 is 9.53 Å². The van der Waals surface area contributed by atoms with Crippen LogP contribution in [0.1, 0.15) is 37.8 Å². The highest BCUT2D eigenvalue weighted by atomic mass is 16.5. The van der Waals surface area contributed by atoms with Gasteiger partial charge in [-0.15, -0.1) is 0 Å². The van der Waals surface area contributed by atoms with Gasteiger partial charge in [0.25, 0.3) is 5.91 Å². The van der Waals surface area contributed by atoms with Gasteiger partial charge in [-0.25, -0.2) is 5.43 Å². The van der Waals surface area contributed by atoms with Gasteiger partial charge in [0.15, 0.2) is 6.61 Å². The molecule has 0 aliphatic rings. The summed E-state index contributed by atoms with van der Waals surface area (Å²) in [5.41, 5.74) is 5.61. The molecular weight excluding hydrogens is 240 g/mol. The van der Waals surface area contributed by atoms with Crippen molar-refractivity contribution >= 4 is 11.6 Å². The Morgan fingerprint density at radius 1 is 1.26 bits per heavy atom. The van der Waals surface area contributed by atoms with Crippen LogP contribution >= 0.6 is 0 Å². The summed E-state index contributed by atoms with van der Waals surface area (Å²) in [6.45, 7) is 7.96. The van der Waals surface area contributed by atoms with Crippen LogP contribution in [0.4, 0.5) is 0 Å². The maximum absolute atomic E-state index is 11.6. The molecule has 1 N–H and O–H groups in total. The van der Waals surface area contributed by atoms with Gasteiger partial charge in [-0.3, -0.25) is 4.79 Å². The molecule has 1 amide bonds. The number of amides is 1. The summed E-state index contributed by atoms with van der Waals surface area (Å²) in [6, 6.07) is 5.92. The molecule has 19 heavy (non-hydrogen) atoms. The van der Waals surface area contributed by atoms with Gasteiger partial charge in [0.2, 0.25) is 0 Å². The fraction of sp³-hybridized carbons (Fsp3) is 0.467. The van der Waals surface area contributed by atoms with Crippen molar-refractivity contribution in [1.29, 1.82) is 0 Å². The van der Waals surface area contributed by atoms with Gasteiger partial charge in [-0.1, -0.05) is 26.0 Å². The second kappa shape index (κ2) is 7.56. The van der Waals surface area contributed by atoms with Crippen molar-refractivity contribution in [3.8, 4) is 5.75 Å². The Morgan fingerprint density at radius 3 is 2.58 bits per heavy atom. The number of nitrogens with zero attached hydrogens (tertiary/aromatic N) is 1. The number of hydrogen-bond acceptors (Lipinski definition) is 3. The summed E-state index contributed by atoms with van der Waals surface area (Å²) >= 11 is 0. The van der Waals surface area contributed by atoms with Crippen LogP contribution in [0, 0.1) is 13.8 Å². The van der Waals surface area contributed by atoms with Gasteiger partial charge in [0.1, 0.15) is 5.75 Å². The summed E-state index contributed by atoms with van der Waals surface area (Å²) in [5, 5.41) is 4.05. The summed E-state index contributed by atoms with van der Waals surface area (Å²) in [6.07, 6.45) is 1.68. The monoisotopic (exact) mass is 262 g/mol. The van der Waals surface area contributed by atoms with Crippen LogP contribution in [0.2, 0.25) is 0 Å². The van der Waals surface area contributed by atoms with Crippen LogP contribution < -0.4 is 10.2 Å². The molecule has 1 rings (SSSR count). The molecule has 0 fully saturated rings. The van der Waals surface area contributed by atoms with Crippen molar-refractivity contribution in [2.24, 2.45) is 5.10 Å². The van der Waals surface area contributed by atoms with E-state index in [1.165, 1.54) is 0 Å². The molecule has 0 aliphatic carbocycles. The maximum atomic E-state index is 11.6. The van der Waals surface area contributed by atoms with Crippen LogP contribution in [0.5, 0.6) is 5.75 Å². The molecule has 0 heterocycles. The third kappa shape index (κ3) is 5.12. The minimum atomic E-state index is -0.236. The van der Waals surface area contributed by atoms with E-state index in [2.05, 4.69) is 10.5 Å². The van der Waals surface area contributed by atoms with E-state index in [0.29, 0.717) is 0 Å². The number of hydrogen-bond donors (Lipinski definition) is 1. The second-order valence-corrected chi connectivity index (χ2v) is 4.48. The number of nitrogens with one attached hydrogen (secondary N) is 1. The molecule has 0 spiro atoms. The zero-order chi connectivity index (χ0) is 14.3. The van der Waals surface area contributed by atoms with E-state index in [9.17, 15) is 4.79 Å². The highest BCUT2D eigenvalue weighted by molar-refractivity contribution is 5.86. The number of benzene rings is 1. The highest BCUT2D eigenvalue weighted by Gasteiger charge is 2.04. The van der Waals surface area contributed by atoms with E-state index in [4.69, 9.17) is 4.74 Å². The lowest BCUT2D eigenvalue weighted by Crippen LogP contribution is -2.25. The van der Waals surface area contributed by atoms with Gasteiger partial charge >= 0.3 is 0 Å². The quantitative estimate of drug-likeness (QED) is 0.633. The summed E-state index contributed by atoms with van der Waals surface area (Å²) < 4.78 is 5.50. The predicted octanol–water partition coefficient (Wildman–Crippen LogP) is 2.97. The van der Waals surface area contributed by atoms with Gasteiger partial charge in [-0.2, -0.15) is 5.10 Å². The molecule has 0 radical (unpaired) electrons.